The molecule has 0 bridgehead atoms. The summed E-state index contributed by atoms with van der Waals surface area (Å²) in [5, 5.41) is 16.5. The Morgan fingerprint density at radius 1 is 0.857 bits per heavy atom. The van der Waals surface area contributed by atoms with Gasteiger partial charge < -0.3 is 24.4 Å². The van der Waals surface area contributed by atoms with E-state index in [9.17, 15) is 0 Å². The van der Waals surface area contributed by atoms with Crippen LogP contribution >= 0.6 is 0 Å². The lowest BCUT2D eigenvalue weighted by Gasteiger charge is -2.01. The van der Waals surface area contributed by atoms with Crippen LogP contribution in [0.4, 0.5) is 0 Å². The first-order valence-electron chi connectivity index (χ1n) is 4.69. The van der Waals surface area contributed by atoms with Gasteiger partial charge >= 0.3 is 0 Å². The van der Waals surface area contributed by atoms with Gasteiger partial charge in [0.1, 0.15) is 0 Å². The summed E-state index contributed by atoms with van der Waals surface area (Å²) < 4.78 is 14.3. The van der Waals surface area contributed by atoms with Crippen LogP contribution in [0.2, 0.25) is 0 Å². The summed E-state index contributed by atoms with van der Waals surface area (Å²) in [4.78, 5) is 0. The molecule has 0 aliphatic carbocycles. The van der Waals surface area contributed by atoms with E-state index in [0.29, 0.717) is 26.4 Å². The zero-order valence-corrected chi connectivity index (χ0v) is 9.07. The first kappa shape index (κ1) is 16.2. The molecule has 0 unspecified atom stereocenters. The minimum atomic E-state index is 0.0417. The average Bonchev–Trinajstić information content (AvgIpc) is 2.24. The van der Waals surface area contributed by atoms with Crippen LogP contribution in [0, 0.1) is 0 Å². The molecular formula is C9H22O5. The van der Waals surface area contributed by atoms with E-state index in [1.54, 1.807) is 7.11 Å². The topological polar surface area (TPSA) is 68.2 Å². The van der Waals surface area contributed by atoms with E-state index in [-0.39, 0.29) is 13.2 Å². The maximum Gasteiger partial charge on any atom is 0.0701 e. The van der Waals surface area contributed by atoms with Crippen molar-refractivity contribution in [2.45, 2.75) is 6.92 Å². The van der Waals surface area contributed by atoms with Crippen LogP contribution < -0.4 is 0 Å². The number of ether oxygens (including phenoxy) is 3. The summed E-state index contributed by atoms with van der Waals surface area (Å²) in [5.74, 6) is 0. The standard InChI is InChI=1S/C6H14O4.C3H8O/c7-1-3-9-5-6-10-4-2-8;1-3-4-2/h7-8H,1-6H2;3H2,1-2H3. The fourth-order valence-electron chi connectivity index (χ4n) is 0.451. The molecule has 0 amide bonds. The van der Waals surface area contributed by atoms with Gasteiger partial charge in [-0.25, -0.2) is 0 Å². The zero-order valence-electron chi connectivity index (χ0n) is 9.07. The molecule has 14 heavy (non-hydrogen) atoms. The lowest BCUT2D eigenvalue weighted by Crippen LogP contribution is -2.09. The summed E-state index contributed by atoms with van der Waals surface area (Å²) in [6, 6.07) is 0. The van der Waals surface area contributed by atoms with Crippen molar-refractivity contribution in [3.63, 3.8) is 0 Å². The van der Waals surface area contributed by atoms with Crippen molar-refractivity contribution in [1.82, 2.24) is 0 Å². The number of rotatable bonds is 8. The highest BCUT2D eigenvalue weighted by Gasteiger charge is 1.86. The Morgan fingerprint density at radius 3 is 1.43 bits per heavy atom. The van der Waals surface area contributed by atoms with Gasteiger partial charge in [0.15, 0.2) is 0 Å². The Labute approximate surface area is 85.6 Å². The molecule has 0 heterocycles. The van der Waals surface area contributed by atoms with E-state index >= 15 is 0 Å². The molecule has 0 spiro atoms. The monoisotopic (exact) mass is 210 g/mol. The van der Waals surface area contributed by atoms with Crippen LogP contribution in [0.25, 0.3) is 0 Å². The van der Waals surface area contributed by atoms with Crippen molar-refractivity contribution in [1.29, 1.82) is 0 Å². The summed E-state index contributed by atoms with van der Waals surface area (Å²) >= 11 is 0. The van der Waals surface area contributed by atoms with Gasteiger partial charge in [-0.1, -0.05) is 0 Å². The van der Waals surface area contributed by atoms with Gasteiger partial charge in [-0.2, -0.15) is 0 Å². The van der Waals surface area contributed by atoms with Crippen LogP contribution in [0.3, 0.4) is 0 Å². The largest absolute Gasteiger partial charge is 0.394 e. The van der Waals surface area contributed by atoms with Crippen molar-refractivity contribution >= 4 is 0 Å². The summed E-state index contributed by atoms with van der Waals surface area (Å²) in [6.07, 6.45) is 0. The molecule has 0 atom stereocenters. The Kier molecular flexibility index (Phi) is 21.5. The van der Waals surface area contributed by atoms with Crippen LogP contribution in [-0.4, -0.2) is 63.6 Å². The predicted molar refractivity (Wildman–Crippen MR) is 53.4 cm³/mol. The lowest BCUT2D eigenvalue weighted by molar-refractivity contribution is 0.0222. The van der Waals surface area contributed by atoms with E-state index in [4.69, 9.17) is 19.7 Å². The molecule has 0 aromatic carbocycles. The van der Waals surface area contributed by atoms with Gasteiger partial charge in [-0.15, -0.1) is 0 Å². The Balaban J connectivity index is 0. The number of hydrogen-bond donors (Lipinski definition) is 2. The second-order valence-corrected chi connectivity index (χ2v) is 2.25. The third-order valence-electron chi connectivity index (χ3n) is 1.13. The number of aliphatic hydroxyl groups is 2. The Hall–Kier alpha value is -0.200. The summed E-state index contributed by atoms with van der Waals surface area (Å²) in [5.41, 5.74) is 0. The van der Waals surface area contributed by atoms with Crippen LogP contribution in [0.5, 0.6) is 0 Å². The van der Waals surface area contributed by atoms with Gasteiger partial charge in [0.25, 0.3) is 0 Å². The van der Waals surface area contributed by atoms with Crippen molar-refractivity contribution in [3.8, 4) is 0 Å². The lowest BCUT2D eigenvalue weighted by atomic mass is 10.7. The Bertz CT molecular complexity index is 69.6. The normalized spacial score (nSPS) is 9.43. The molecule has 0 saturated heterocycles. The third-order valence-corrected chi connectivity index (χ3v) is 1.13. The second-order valence-electron chi connectivity index (χ2n) is 2.25. The maximum atomic E-state index is 8.26. The van der Waals surface area contributed by atoms with E-state index < -0.39 is 0 Å². The second kappa shape index (κ2) is 18.6. The van der Waals surface area contributed by atoms with Gasteiger partial charge in [0, 0.05) is 13.7 Å². The molecule has 0 aliphatic heterocycles. The van der Waals surface area contributed by atoms with E-state index in [0.717, 1.165) is 6.61 Å². The molecule has 2 N–H and O–H groups in total. The molecule has 88 valence electrons. The van der Waals surface area contributed by atoms with Crippen molar-refractivity contribution in [2.24, 2.45) is 0 Å². The van der Waals surface area contributed by atoms with Crippen LogP contribution in [0.15, 0.2) is 0 Å². The molecule has 5 nitrogen and oxygen atoms in total. The Morgan fingerprint density at radius 2 is 1.21 bits per heavy atom. The number of aliphatic hydroxyl groups excluding tert-OH is 2. The predicted octanol–water partition coefficient (Wildman–Crippen LogP) is -0.343. The van der Waals surface area contributed by atoms with Crippen molar-refractivity contribution in [2.75, 3.05) is 53.4 Å². The number of methoxy groups -OCH3 is 1. The summed E-state index contributed by atoms with van der Waals surface area (Å²) in [7, 11) is 1.68. The fraction of sp³-hybridized carbons (Fsp3) is 1.00. The van der Waals surface area contributed by atoms with E-state index in [2.05, 4.69) is 4.74 Å². The minimum Gasteiger partial charge on any atom is -0.394 e. The highest BCUT2D eigenvalue weighted by atomic mass is 16.5. The molecule has 5 heteroatoms. The first-order chi connectivity index (χ1) is 6.83. The average molecular weight is 210 g/mol. The zero-order chi connectivity index (χ0) is 11.1. The minimum absolute atomic E-state index is 0.0417. The molecule has 0 aliphatic rings. The quantitative estimate of drug-likeness (QED) is 0.536. The first-order valence-corrected chi connectivity index (χ1v) is 4.69. The van der Waals surface area contributed by atoms with E-state index in [1.807, 2.05) is 6.92 Å². The van der Waals surface area contributed by atoms with Crippen LogP contribution in [-0.2, 0) is 14.2 Å². The fourth-order valence-corrected chi connectivity index (χ4v) is 0.451. The summed E-state index contributed by atoms with van der Waals surface area (Å²) in [6.45, 7) is 4.51. The molecule has 0 fully saturated rings. The molecule has 0 saturated carbocycles. The van der Waals surface area contributed by atoms with Crippen molar-refractivity contribution < 1.29 is 24.4 Å². The van der Waals surface area contributed by atoms with Gasteiger partial charge in [-0.05, 0) is 6.92 Å². The number of hydrogen-bond acceptors (Lipinski definition) is 5. The SMILES string of the molecule is CCOC.OCCOCCOCCO. The third kappa shape index (κ3) is 22.6. The highest BCUT2D eigenvalue weighted by Crippen LogP contribution is 1.76. The molecular weight excluding hydrogens is 188 g/mol. The maximum absolute atomic E-state index is 8.26. The van der Waals surface area contributed by atoms with Gasteiger partial charge in [0.2, 0.25) is 0 Å². The smallest absolute Gasteiger partial charge is 0.0701 e. The van der Waals surface area contributed by atoms with Crippen LogP contribution in [0.1, 0.15) is 6.92 Å². The molecule has 0 aromatic heterocycles. The molecule has 0 aromatic rings. The van der Waals surface area contributed by atoms with Crippen molar-refractivity contribution in [3.05, 3.63) is 0 Å². The van der Waals surface area contributed by atoms with E-state index in [1.165, 1.54) is 0 Å². The van der Waals surface area contributed by atoms with Gasteiger partial charge in [-0.3, -0.25) is 0 Å². The molecule has 0 rings (SSSR count). The van der Waals surface area contributed by atoms with Gasteiger partial charge in [0.05, 0.1) is 39.6 Å². The highest BCUT2D eigenvalue weighted by molar-refractivity contribution is 4.30. The molecule has 0 radical (unpaired) electrons.